The lowest BCUT2D eigenvalue weighted by atomic mass is 10.0. The first-order valence-corrected chi connectivity index (χ1v) is 7.20. The molecule has 98 valence electrons. The number of benzene rings is 2. The van der Waals surface area contributed by atoms with Gasteiger partial charge in [0.05, 0.1) is 0 Å². The van der Waals surface area contributed by atoms with Crippen molar-refractivity contribution < 1.29 is 18.2 Å². The van der Waals surface area contributed by atoms with Crippen LogP contribution in [-0.2, 0) is 15.6 Å². The van der Waals surface area contributed by atoms with Crippen molar-refractivity contribution in [3.8, 4) is 11.5 Å². The number of hydrogen-bond acceptors (Lipinski definition) is 5. The van der Waals surface area contributed by atoms with Gasteiger partial charge in [-0.1, -0.05) is 36.4 Å². The average molecular weight is 277 g/mol. The van der Waals surface area contributed by atoms with E-state index >= 15 is 0 Å². The quantitative estimate of drug-likeness (QED) is 0.640. The summed E-state index contributed by atoms with van der Waals surface area (Å²) in [6.45, 7) is 0. The fourth-order valence-electron chi connectivity index (χ4n) is 1.99. The summed E-state index contributed by atoms with van der Waals surface area (Å²) in [5.74, 6) is 5.96. The van der Waals surface area contributed by atoms with Crippen LogP contribution in [0, 0.1) is 0 Å². The Bertz CT molecular complexity index is 607. The lowest BCUT2D eigenvalue weighted by Crippen LogP contribution is -2.12. The number of phosphoric ester groups is 1. The van der Waals surface area contributed by atoms with Gasteiger partial charge in [-0.25, -0.2) is 10.5 Å². The van der Waals surface area contributed by atoms with Gasteiger partial charge in [0.1, 0.15) is 11.5 Å². The third-order valence-corrected chi connectivity index (χ3v) is 3.97. The van der Waals surface area contributed by atoms with Gasteiger partial charge >= 0.3 is 7.82 Å². The molecule has 0 amide bonds. The van der Waals surface area contributed by atoms with Crippen molar-refractivity contribution in [3.63, 3.8) is 0 Å². The van der Waals surface area contributed by atoms with E-state index in [1.54, 1.807) is 24.3 Å². The number of hydrogen-bond donors (Lipinski definition) is 1. The van der Waals surface area contributed by atoms with E-state index < -0.39 is 7.82 Å². The van der Waals surface area contributed by atoms with Crippen molar-refractivity contribution in [1.29, 1.82) is 0 Å². The second-order valence-electron chi connectivity index (χ2n) is 4.13. The second kappa shape index (κ2) is 4.70. The molecule has 0 saturated carbocycles. The zero-order valence-corrected chi connectivity index (χ0v) is 10.9. The van der Waals surface area contributed by atoms with Crippen molar-refractivity contribution in [2.45, 2.75) is 6.42 Å². The fraction of sp³-hybridized carbons (Fsp3) is 0.0769. The molecule has 0 aromatic heterocycles. The second-order valence-corrected chi connectivity index (χ2v) is 5.60. The van der Waals surface area contributed by atoms with E-state index in [0.29, 0.717) is 17.9 Å². The summed E-state index contributed by atoms with van der Waals surface area (Å²) in [5, 5.41) is 0. The van der Waals surface area contributed by atoms with Crippen molar-refractivity contribution in [3.05, 3.63) is 59.7 Å². The molecule has 5 nitrogen and oxygen atoms in total. The van der Waals surface area contributed by atoms with Crippen molar-refractivity contribution in [2.24, 2.45) is 5.90 Å². The van der Waals surface area contributed by atoms with Crippen LogP contribution >= 0.6 is 7.82 Å². The molecular formula is C13H12NO4P. The first-order chi connectivity index (χ1) is 9.20. The topological polar surface area (TPSA) is 70.8 Å². The smallest absolute Gasteiger partial charge is 0.394 e. The minimum atomic E-state index is -3.85. The summed E-state index contributed by atoms with van der Waals surface area (Å²) in [5.41, 5.74) is 1.80. The lowest BCUT2D eigenvalue weighted by Gasteiger charge is -2.22. The molecule has 2 N–H and O–H groups in total. The first-order valence-electron chi connectivity index (χ1n) is 5.74. The van der Waals surface area contributed by atoms with Gasteiger partial charge in [0.15, 0.2) is 0 Å². The van der Waals surface area contributed by atoms with Crippen molar-refractivity contribution >= 4 is 7.82 Å². The maximum Gasteiger partial charge on any atom is 0.604 e. The van der Waals surface area contributed by atoms with Gasteiger partial charge in [0, 0.05) is 6.42 Å². The largest absolute Gasteiger partial charge is 0.604 e. The number of phosphoric acid groups is 1. The highest BCUT2D eigenvalue weighted by molar-refractivity contribution is 7.49. The summed E-state index contributed by atoms with van der Waals surface area (Å²) in [7, 11) is -3.85. The molecule has 1 aliphatic rings. The number of fused-ring (bicyclic) bond motifs is 2. The van der Waals surface area contributed by atoms with Crippen LogP contribution in [0.2, 0.25) is 0 Å². The zero-order valence-electron chi connectivity index (χ0n) is 9.98. The molecule has 19 heavy (non-hydrogen) atoms. The van der Waals surface area contributed by atoms with Gasteiger partial charge in [0.2, 0.25) is 0 Å². The predicted molar refractivity (Wildman–Crippen MR) is 69.8 cm³/mol. The molecule has 2 aromatic rings. The molecule has 0 bridgehead atoms. The summed E-state index contributed by atoms with van der Waals surface area (Å²) in [4.78, 5) is 0. The monoisotopic (exact) mass is 277 g/mol. The fourth-order valence-corrected chi connectivity index (χ4v) is 2.95. The molecule has 0 fully saturated rings. The van der Waals surface area contributed by atoms with Gasteiger partial charge in [-0.15, -0.1) is 0 Å². The molecule has 0 unspecified atom stereocenters. The molecule has 1 aliphatic heterocycles. The van der Waals surface area contributed by atoms with Gasteiger partial charge in [-0.2, -0.15) is 4.62 Å². The van der Waals surface area contributed by atoms with Gasteiger partial charge in [-0.05, 0) is 23.3 Å². The highest BCUT2D eigenvalue weighted by Gasteiger charge is 2.33. The van der Waals surface area contributed by atoms with E-state index in [4.69, 9.17) is 14.9 Å². The van der Waals surface area contributed by atoms with Crippen LogP contribution in [0.3, 0.4) is 0 Å². The Hall–Kier alpha value is -1.81. The molecule has 0 aliphatic carbocycles. The summed E-state index contributed by atoms with van der Waals surface area (Å²) in [6, 6.07) is 14.6. The predicted octanol–water partition coefficient (Wildman–Crippen LogP) is 3.05. The average Bonchev–Trinajstić information content (AvgIpc) is 2.41. The molecule has 0 atom stereocenters. The Kier molecular flexibility index (Phi) is 3.03. The van der Waals surface area contributed by atoms with Gasteiger partial charge in [-0.3, -0.25) is 0 Å². The normalized spacial score (nSPS) is 16.1. The van der Waals surface area contributed by atoms with Crippen LogP contribution in [-0.4, -0.2) is 0 Å². The number of para-hydroxylation sites is 2. The Morgan fingerprint density at radius 1 is 0.947 bits per heavy atom. The third kappa shape index (κ3) is 2.36. The molecule has 0 spiro atoms. The van der Waals surface area contributed by atoms with Crippen LogP contribution < -0.4 is 14.9 Å². The van der Waals surface area contributed by atoms with E-state index in [9.17, 15) is 4.57 Å². The standard InChI is InChI=1S/C13H12NO4P/c14-18-19(15)16-12-7-3-1-5-10(12)9-11-6-2-4-8-13(11)17-19/h1-8H,9,14H2. The van der Waals surface area contributed by atoms with E-state index in [1.165, 1.54) is 0 Å². The summed E-state index contributed by atoms with van der Waals surface area (Å²) in [6.07, 6.45) is 0.622. The third-order valence-electron chi connectivity index (χ3n) is 2.88. The minimum absolute atomic E-state index is 0.450. The molecule has 0 radical (unpaired) electrons. The van der Waals surface area contributed by atoms with E-state index in [2.05, 4.69) is 4.62 Å². The van der Waals surface area contributed by atoms with Crippen LogP contribution in [0.1, 0.15) is 11.1 Å². The SMILES string of the molecule is NOP1(=O)Oc2ccccc2Cc2ccccc2O1. The Labute approximate surface area is 110 Å². The molecule has 6 heteroatoms. The summed E-state index contributed by atoms with van der Waals surface area (Å²) >= 11 is 0. The minimum Gasteiger partial charge on any atom is -0.394 e. The van der Waals surface area contributed by atoms with Crippen molar-refractivity contribution in [2.75, 3.05) is 0 Å². The zero-order chi connectivity index (χ0) is 13.3. The molecule has 1 heterocycles. The van der Waals surface area contributed by atoms with E-state index in [-0.39, 0.29) is 0 Å². The van der Waals surface area contributed by atoms with E-state index in [1.807, 2.05) is 24.3 Å². The molecule has 0 saturated heterocycles. The lowest BCUT2D eigenvalue weighted by molar-refractivity contribution is 0.212. The Morgan fingerprint density at radius 3 is 1.89 bits per heavy atom. The van der Waals surface area contributed by atoms with Crippen molar-refractivity contribution in [1.82, 2.24) is 0 Å². The van der Waals surface area contributed by atoms with Gasteiger partial charge in [0.25, 0.3) is 0 Å². The number of rotatable bonds is 1. The Balaban J connectivity index is 2.16. The highest BCUT2D eigenvalue weighted by atomic mass is 31.2. The van der Waals surface area contributed by atoms with Crippen LogP contribution in [0.15, 0.2) is 48.5 Å². The Morgan fingerprint density at radius 2 is 1.42 bits per heavy atom. The maximum atomic E-state index is 12.3. The molecule has 3 rings (SSSR count). The van der Waals surface area contributed by atoms with Crippen LogP contribution in [0.25, 0.3) is 0 Å². The highest BCUT2D eigenvalue weighted by Crippen LogP contribution is 2.51. The molecular weight excluding hydrogens is 265 g/mol. The first kappa shape index (κ1) is 12.2. The summed E-state index contributed by atoms with van der Waals surface area (Å²) < 4.78 is 27.4. The van der Waals surface area contributed by atoms with Gasteiger partial charge < -0.3 is 9.05 Å². The van der Waals surface area contributed by atoms with Crippen LogP contribution in [0.4, 0.5) is 0 Å². The number of nitrogens with two attached hydrogens (primary N) is 1. The van der Waals surface area contributed by atoms with E-state index in [0.717, 1.165) is 11.1 Å². The van der Waals surface area contributed by atoms with Crippen LogP contribution in [0.5, 0.6) is 11.5 Å². The molecule has 2 aromatic carbocycles. The maximum absolute atomic E-state index is 12.3.